The van der Waals surface area contributed by atoms with Crippen LogP contribution in [0.1, 0.15) is 35.9 Å². The number of hydrogen-bond donors (Lipinski definition) is 2. The number of carbonyl (C=O) groups is 1. The number of rotatable bonds is 10. The van der Waals surface area contributed by atoms with Crippen LogP contribution in [0.5, 0.6) is 17.4 Å². The van der Waals surface area contributed by atoms with Gasteiger partial charge in [0.15, 0.2) is 4.90 Å². The highest BCUT2D eigenvalue weighted by atomic mass is 32.2. The molecule has 2 aromatic heterocycles. The Morgan fingerprint density at radius 1 is 1.05 bits per heavy atom. The molecule has 0 unspecified atom stereocenters. The number of nitrogens with zero attached hydrogens (tertiary/aromatic N) is 3. The maximum Gasteiger partial charge on any atom is 0.281 e. The number of aryl methyl sites for hydroxylation is 1. The zero-order valence-corrected chi connectivity index (χ0v) is 23.2. The first-order valence-corrected chi connectivity index (χ1v) is 13.9. The van der Waals surface area contributed by atoms with Crippen LogP contribution in [0.3, 0.4) is 0 Å². The first kappa shape index (κ1) is 29.2. The van der Waals surface area contributed by atoms with Crippen molar-refractivity contribution < 1.29 is 32.2 Å². The number of anilines is 1. The predicted octanol–water partition coefficient (Wildman–Crippen LogP) is 3.92. The van der Waals surface area contributed by atoms with Gasteiger partial charge in [0.2, 0.25) is 21.7 Å². The smallest absolute Gasteiger partial charge is 0.281 e. The number of ether oxygens (including phenoxy) is 2. The molecule has 0 saturated carbocycles. The topological polar surface area (TPSA) is 150 Å². The van der Waals surface area contributed by atoms with Gasteiger partial charge in [-0.25, -0.2) is 13.4 Å². The summed E-state index contributed by atoms with van der Waals surface area (Å²) in [5.41, 5.74) is -0.585. The Kier molecular flexibility index (Phi) is 8.67. The number of halogens is 1. The highest BCUT2D eigenvalue weighted by Gasteiger charge is 2.31. The molecule has 2 heterocycles. The summed E-state index contributed by atoms with van der Waals surface area (Å²) in [5, 5.41) is 13.3. The van der Waals surface area contributed by atoms with Crippen LogP contribution >= 0.6 is 0 Å². The summed E-state index contributed by atoms with van der Waals surface area (Å²) < 4.78 is 52.4. The van der Waals surface area contributed by atoms with Crippen LogP contribution in [0.25, 0.3) is 5.69 Å². The van der Waals surface area contributed by atoms with Crippen LogP contribution in [0.15, 0.2) is 75.4 Å². The molecule has 0 aliphatic rings. The number of aromatic nitrogens is 3. The average Bonchev–Trinajstić information content (AvgIpc) is 2.96. The van der Waals surface area contributed by atoms with E-state index in [1.54, 1.807) is 18.2 Å². The van der Waals surface area contributed by atoms with Crippen molar-refractivity contribution >= 4 is 21.4 Å². The van der Waals surface area contributed by atoms with Gasteiger partial charge in [0.1, 0.15) is 23.0 Å². The lowest BCUT2D eigenvalue weighted by Gasteiger charge is -2.19. The molecule has 13 heteroatoms. The first-order valence-electron chi connectivity index (χ1n) is 12.5. The molecule has 214 valence electrons. The van der Waals surface area contributed by atoms with E-state index >= 15 is 0 Å². The zero-order chi connectivity index (χ0) is 29.7. The van der Waals surface area contributed by atoms with E-state index in [2.05, 4.69) is 15.3 Å². The predicted molar refractivity (Wildman–Crippen MR) is 147 cm³/mol. The van der Waals surface area contributed by atoms with E-state index in [-0.39, 0.29) is 45.6 Å². The van der Waals surface area contributed by atoms with Crippen molar-refractivity contribution in [1.29, 1.82) is 0 Å². The van der Waals surface area contributed by atoms with Crippen molar-refractivity contribution in [2.24, 2.45) is 0 Å². The normalized spacial score (nSPS) is 11.2. The highest BCUT2D eigenvalue weighted by molar-refractivity contribution is 7.91. The standard InChI is InChI=1S/C28H27FN4O7S/c1-4-5-9-23-32-27(35)25(28(36)33(23)24-20(39-2)7-6-8-21(24)40-3)41(37,38)19-13-10-17(11-14-19)26(34)31-18-12-15-22(29)30-16-18/h6-8,10-16,35H,4-5,9H2,1-3H3,(H,31,34). The number of pyridine rings is 1. The lowest BCUT2D eigenvalue weighted by molar-refractivity contribution is 0.102. The van der Waals surface area contributed by atoms with Crippen LogP contribution in [0.4, 0.5) is 10.1 Å². The molecule has 11 nitrogen and oxygen atoms in total. The molecule has 0 aliphatic carbocycles. The molecule has 2 N–H and O–H groups in total. The largest absolute Gasteiger partial charge is 0.494 e. The monoisotopic (exact) mass is 582 g/mol. The van der Waals surface area contributed by atoms with E-state index in [1.165, 1.54) is 32.4 Å². The quantitative estimate of drug-likeness (QED) is 0.265. The number of aromatic hydroxyl groups is 1. The Morgan fingerprint density at radius 3 is 2.27 bits per heavy atom. The van der Waals surface area contributed by atoms with Crippen LogP contribution < -0.4 is 20.3 Å². The Morgan fingerprint density at radius 2 is 1.71 bits per heavy atom. The third-order valence-electron chi connectivity index (χ3n) is 6.15. The van der Waals surface area contributed by atoms with E-state index in [9.17, 15) is 27.5 Å². The Labute approximate surface area is 235 Å². The Balaban J connectivity index is 1.81. The van der Waals surface area contributed by atoms with E-state index in [4.69, 9.17) is 9.47 Å². The number of unbranched alkanes of at least 4 members (excludes halogenated alkanes) is 1. The number of sulfone groups is 1. The minimum Gasteiger partial charge on any atom is -0.494 e. The fourth-order valence-corrected chi connectivity index (χ4v) is 5.45. The van der Waals surface area contributed by atoms with Gasteiger partial charge >= 0.3 is 0 Å². The molecule has 0 saturated heterocycles. The molecular weight excluding hydrogens is 555 g/mol. The fourth-order valence-electron chi connectivity index (χ4n) is 4.11. The number of amides is 1. The van der Waals surface area contributed by atoms with Crippen LogP contribution in [-0.4, -0.2) is 48.2 Å². The van der Waals surface area contributed by atoms with Crippen molar-refractivity contribution in [3.63, 3.8) is 0 Å². The summed E-state index contributed by atoms with van der Waals surface area (Å²) in [5.74, 6) is -1.68. The maximum atomic E-state index is 13.9. The molecular formula is C28H27FN4O7S. The van der Waals surface area contributed by atoms with Gasteiger partial charge in [0.05, 0.1) is 31.0 Å². The van der Waals surface area contributed by atoms with E-state index in [0.29, 0.717) is 6.42 Å². The fraction of sp³-hybridized carbons (Fsp3) is 0.214. The summed E-state index contributed by atoms with van der Waals surface area (Å²) in [6.45, 7) is 1.94. The maximum absolute atomic E-state index is 13.9. The molecule has 4 rings (SSSR count). The number of hydrogen-bond acceptors (Lipinski definition) is 9. The van der Waals surface area contributed by atoms with Crippen LogP contribution in [-0.2, 0) is 16.3 Å². The van der Waals surface area contributed by atoms with E-state index in [1.807, 2.05) is 6.92 Å². The second-order valence-corrected chi connectivity index (χ2v) is 10.7. The minimum atomic E-state index is -4.62. The third-order valence-corrected chi connectivity index (χ3v) is 7.94. The van der Waals surface area contributed by atoms with Crippen molar-refractivity contribution in [3.05, 3.63) is 88.5 Å². The second kappa shape index (κ2) is 12.2. The Bertz CT molecular complexity index is 1720. The molecule has 0 radical (unpaired) electrons. The minimum absolute atomic E-state index is 0.0849. The summed E-state index contributed by atoms with van der Waals surface area (Å²) >= 11 is 0. The van der Waals surface area contributed by atoms with Gasteiger partial charge < -0.3 is 19.9 Å². The van der Waals surface area contributed by atoms with Gasteiger partial charge in [-0.2, -0.15) is 9.37 Å². The van der Waals surface area contributed by atoms with Gasteiger partial charge in [0, 0.05) is 12.0 Å². The molecule has 0 spiro atoms. The summed E-state index contributed by atoms with van der Waals surface area (Å²) in [4.78, 5) is 32.8. The molecule has 1 amide bonds. The first-order chi connectivity index (χ1) is 19.6. The van der Waals surface area contributed by atoms with E-state index < -0.39 is 38.0 Å². The van der Waals surface area contributed by atoms with Gasteiger partial charge in [0.25, 0.3) is 11.5 Å². The second-order valence-electron chi connectivity index (χ2n) is 8.79. The number of carbonyl (C=O) groups excluding carboxylic acids is 1. The number of methoxy groups -OCH3 is 2. The van der Waals surface area contributed by atoms with Gasteiger partial charge in [-0.1, -0.05) is 19.4 Å². The number of benzene rings is 2. The summed E-state index contributed by atoms with van der Waals surface area (Å²) in [6, 6.07) is 11.9. The summed E-state index contributed by atoms with van der Waals surface area (Å²) in [6.07, 6.45) is 2.74. The SMILES string of the molecule is CCCCc1nc(O)c(S(=O)(=O)c2ccc(C(=O)Nc3ccc(F)nc3)cc2)c(=O)n1-c1c(OC)cccc1OC. The average molecular weight is 583 g/mol. The summed E-state index contributed by atoms with van der Waals surface area (Å²) in [7, 11) is -1.84. The van der Waals surface area contributed by atoms with Gasteiger partial charge in [-0.05, 0) is 55.0 Å². The molecule has 0 atom stereocenters. The molecule has 0 fully saturated rings. The van der Waals surface area contributed by atoms with E-state index in [0.717, 1.165) is 35.4 Å². The van der Waals surface area contributed by atoms with Crippen LogP contribution in [0.2, 0.25) is 0 Å². The van der Waals surface area contributed by atoms with Crippen molar-refractivity contribution in [2.75, 3.05) is 19.5 Å². The lowest BCUT2D eigenvalue weighted by Crippen LogP contribution is -2.30. The zero-order valence-electron chi connectivity index (χ0n) is 22.4. The van der Waals surface area contributed by atoms with Crippen molar-refractivity contribution in [2.45, 2.75) is 36.0 Å². The van der Waals surface area contributed by atoms with Crippen molar-refractivity contribution in [1.82, 2.24) is 14.5 Å². The lowest BCUT2D eigenvalue weighted by atomic mass is 10.2. The van der Waals surface area contributed by atoms with Crippen molar-refractivity contribution in [3.8, 4) is 23.1 Å². The Hall–Kier alpha value is -4.78. The molecule has 0 aliphatic heterocycles. The van der Waals surface area contributed by atoms with Crippen LogP contribution in [0, 0.1) is 5.95 Å². The van der Waals surface area contributed by atoms with Gasteiger partial charge in [-0.15, -0.1) is 0 Å². The molecule has 41 heavy (non-hydrogen) atoms. The number of nitrogens with one attached hydrogen (secondary N) is 1. The molecule has 2 aromatic carbocycles. The van der Waals surface area contributed by atoms with Gasteiger partial charge in [-0.3, -0.25) is 14.2 Å². The third kappa shape index (κ3) is 5.89. The highest BCUT2D eigenvalue weighted by Crippen LogP contribution is 2.34. The molecule has 4 aromatic rings. The number of para-hydroxylation sites is 1. The molecule has 0 bridgehead atoms.